The van der Waals surface area contributed by atoms with E-state index < -0.39 is 10.0 Å². The molecule has 35 heavy (non-hydrogen) atoms. The van der Waals surface area contributed by atoms with Crippen LogP contribution in [0.1, 0.15) is 50.5 Å². The van der Waals surface area contributed by atoms with Crippen LogP contribution in [0.25, 0.3) is 0 Å². The lowest BCUT2D eigenvalue weighted by Gasteiger charge is -2.33. The van der Waals surface area contributed by atoms with Gasteiger partial charge in [0, 0.05) is 25.7 Å². The smallest absolute Gasteiger partial charge is 0.248 e. The minimum absolute atomic E-state index is 0. The Balaban J connectivity index is 0.00000342. The highest BCUT2D eigenvalue weighted by atomic mass is 35.5. The summed E-state index contributed by atoms with van der Waals surface area (Å²) in [4.78, 5) is 17.3. The number of amides is 1. The van der Waals surface area contributed by atoms with Crippen LogP contribution in [0, 0.1) is 12.8 Å². The lowest BCUT2D eigenvalue weighted by molar-refractivity contribution is -0.137. The fourth-order valence-corrected chi connectivity index (χ4v) is 8.04. The van der Waals surface area contributed by atoms with E-state index in [1.165, 1.54) is 43.2 Å². The third-order valence-corrected chi connectivity index (χ3v) is 10.2. The molecule has 0 saturated carbocycles. The Morgan fingerprint density at radius 1 is 1.06 bits per heavy atom. The Bertz CT molecular complexity index is 928. The molecule has 3 saturated heterocycles. The normalized spacial score (nSPS) is 22.5. The number of ether oxygens (including phenoxy) is 1. The first-order valence-corrected chi connectivity index (χ1v) is 14.5. The molecule has 198 valence electrons. The Labute approximate surface area is 221 Å². The Morgan fingerprint density at radius 2 is 1.77 bits per heavy atom. The van der Waals surface area contributed by atoms with Crippen LogP contribution in [-0.4, -0.2) is 87.0 Å². The van der Waals surface area contributed by atoms with Crippen LogP contribution in [0.15, 0.2) is 23.1 Å². The topological polar surface area (TPSA) is 70.2 Å². The van der Waals surface area contributed by atoms with Crippen LogP contribution in [0.2, 0.25) is 5.02 Å². The highest BCUT2D eigenvalue weighted by molar-refractivity contribution is 7.89. The molecule has 3 aliphatic rings. The van der Waals surface area contributed by atoms with Gasteiger partial charge in [0.25, 0.3) is 0 Å². The molecule has 0 spiro atoms. The van der Waals surface area contributed by atoms with Crippen LogP contribution in [0.4, 0.5) is 0 Å². The summed E-state index contributed by atoms with van der Waals surface area (Å²) >= 11 is 6.25. The number of hydrogen-bond acceptors (Lipinski definition) is 5. The quantitative estimate of drug-likeness (QED) is 0.467. The number of likely N-dealkylation sites (tertiary alicyclic amines) is 2. The van der Waals surface area contributed by atoms with Gasteiger partial charge in [-0.15, -0.1) is 12.4 Å². The third kappa shape index (κ3) is 7.11. The number of carbonyl (C=O) groups is 1. The number of carbonyl (C=O) groups excluding carboxylic acids is 1. The molecule has 1 aromatic rings. The molecule has 4 rings (SSSR count). The van der Waals surface area contributed by atoms with Crippen molar-refractivity contribution in [3.05, 3.63) is 28.8 Å². The number of sulfonamides is 1. The van der Waals surface area contributed by atoms with E-state index in [4.69, 9.17) is 16.3 Å². The minimum atomic E-state index is -3.72. The third-order valence-electron chi connectivity index (χ3n) is 7.61. The zero-order valence-electron chi connectivity index (χ0n) is 20.7. The molecule has 10 heteroatoms. The second-order valence-corrected chi connectivity index (χ2v) is 12.2. The van der Waals surface area contributed by atoms with Gasteiger partial charge in [-0.25, -0.2) is 8.42 Å². The maximum absolute atomic E-state index is 13.3. The summed E-state index contributed by atoms with van der Waals surface area (Å²) in [6.45, 7) is 7.70. The van der Waals surface area contributed by atoms with Crippen molar-refractivity contribution in [2.75, 3.05) is 52.5 Å². The van der Waals surface area contributed by atoms with Crippen molar-refractivity contribution in [2.24, 2.45) is 5.92 Å². The van der Waals surface area contributed by atoms with Crippen molar-refractivity contribution >= 4 is 39.9 Å². The maximum atomic E-state index is 13.3. The van der Waals surface area contributed by atoms with Crippen LogP contribution in [-0.2, 0) is 19.6 Å². The van der Waals surface area contributed by atoms with E-state index in [9.17, 15) is 13.2 Å². The largest absolute Gasteiger partial charge is 0.370 e. The second-order valence-electron chi connectivity index (χ2n) is 9.97. The molecule has 3 aliphatic heterocycles. The first-order chi connectivity index (χ1) is 16.4. The average molecular weight is 549 g/mol. The van der Waals surface area contributed by atoms with Gasteiger partial charge in [-0.1, -0.05) is 23.7 Å². The van der Waals surface area contributed by atoms with Crippen LogP contribution >= 0.6 is 24.0 Å². The predicted octanol–water partition coefficient (Wildman–Crippen LogP) is 3.96. The molecule has 1 unspecified atom stereocenters. The zero-order valence-corrected chi connectivity index (χ0v) is 23.1. The number of benzene rings is 1. The molecule has 1 atom stereocenters. The molecular weight excluding hydrogens is 509 g/mol. The van der Waals surface area contributed by atoms with Crippen molar-refractivity contribution in [3.8, 4) is 0 Å². The zero-order chi connectivity index (χ0) is 24.1. The van der Waals surface area contributed by atoms with Gasteiger partial charge in [0.15, 0.2) is 0 Å². The lowest BCUT2D eigenvalue weighted by atomic mass is 9.93. The van der Waals surface area contributed by atoms with Crippen molar-refractivity contribution in [2.45, 2.75) is 62.8 Å². The second kappa shape index (κ2) is 13.1. The predicted molar refractivity (Wildman–Crippen MR) is 141 cm³/mol. The van der Waals surface area contributed by atoms with E-state index in [1.54, 1.807) is 25.1 Å². The fraction of sp³-hybridized carbons (Fsp3) is 0.720. The van der Waals surface area contributed by atoms with E-state index in [1.807, 2.05) is 4.90 Å². The molecule has 0 N–H and O–H groups in total. The fourth-order valence-electron chi connectivity index (χ4n) is 5.57. The number of rotatable bonds is 9. The van der Waals surface area contributed by atoms with E-state index in [0.717, 1.165) is 38.8 Å². The monoisotopic (exact) mass is 547 g/mol. The summed E-state index contributed by atoms with van der Waals surface area (Å²) in [6, 6.07) is 4.85. The highest BCUT2D eigenvalue weighted by Gasteiger charge is 2.37. The number of piperidine rings is 1. The van der Waals surface area contributed by atoms with E-state index in [2.05, 4.69) is 4.90 Å². The van der Waals surface area contributed by atoms with Gasteiger partial charge in [-0.2, -0.15) is 4.31 Å². The van der Waals surface area contributed by atoms with Crippen LogP contribution in [0.5, 0.6) is 0 Å². The Kier molecular flexibility index (Phi) is 10.7. The molecule has 0 bridgehead atoms. The summed E-state index contributed by atoms with van der Waals surface area (Å²) in [5, 5.41) is 0.241. The number of halogens is 2. The Morgan fingerprint density at radius 3 is 2.46 bits per heavy atom. The average Bonchev–Trinajstić information content (AvgIpc) is 3.50. The van der Waals surface area contributed by atoms with E-state index >= 15 is 0 Å². The molecule has 0 radical (unpaired) electrons. The maximum Gasteiger partial charge on any atom is 0.248 e. The van der Waals surface area contributed by atoms with Gasteiger partial charge in [-0.05, 0) is 89.1 Å². The summed E-state index contributed by atoms with van der Waals surface area (Å²) in [5.41, 5.74) is 0.637. The van der Waals surface area contributed by atoms with E-state index in [-0.39, 0.29) is 47.5 Å². The van der Waals surface area contributed by atoms with Gasteiger partial charge in [0.1, 0.15) is 11.5 Å². The summed E-state index contributed by atoms with van der Waals surface area (Å²) < 4.78 is 33.9. The molecule has 7 nitrogen and oxygen atoms in total. The summed E-state index contributed by atoms with van der Waals surface area (Å²) in [7, 11) is -3.72. The van der Waals surface area contributed by atoms with Crippen molar-refractivity contribution in [1.82, 2.24) is 14.1 Å². The first kappa shape index (κ1) is 28.7. The van der Waals surface area contributed by atoms with Gasteiger partial charge >= 0.3 is 0 Å². The molecule has 1 amide bonds. The van der Waals surface area contributed by atoms with Crippen molar-refractivity contribution in [3.63, 3.8) is 0 Å². The lowest BCUT2D eigenvalue weighted by Crippen LogP contribution is -2.42. The number of aryl methyl sites for hydroxylation is 1. The molecular formula is C25H39Cl2N3O4S. The number of hydrogen-bond donors (Lipinski definition) is 0. The van der Waals surface area contributed by atoms with Crippen LogP contribution < -0.4 is 0 Å². The van der Waals surface area contributed by atoms with Gasteiger partial charge < -0.3 is 14.5 Å². The SMILES string of the molecule is Cc1cccc(Cl)c1S(=O)(=O)N1CCCC1COCC(=O)N1CCC(CCN2CCCC2)CC1.Cl. The summed E-state index contributed by atoms with van der Waals surface area (Å²) in [6.07, 6.45) is 7.51. The van der Waals surface area contributed by atoms with Crippen LogP contribution in [0.3, 0.4) is 0 Å². The molecule has 0 aliphatic carbocycles. The van der Waals surface area contributed by atoms with Crippen molar-refractivity contribution in [1.29, 1.82) is 0 Å². The van der Waals surface area contributed by atoms with Gasteiger partial charge in [0.05, 0.1) is 11.6 Å². The number of nitrogens with zero attached hydrogens (tertiary/aromatic N) is 3. The highest BCUT2D eigenvalue weighted by Crippen LogP contribution is 2.32. The minimum Gasteiger partial charge on any atom is -0.370 e. The molecule has 3 fully saturated rings. The van der Waals surface area contributed by atoms with Gasteiger partial charge in [-0.3, -0.25) is 4.79 Å². The standard InChI is InChI=1S/C25H38ClN3O4S.ClH/c1-20-6-4-8-23(26)25(20)34(31,32)29-14-5-7-22(29)18-33-19-24(30)28-16-10-21(11-17-28)9-15-27-12-2-3-13-27;/h4,6,8,21-22H,2-3,5,7,9-19H2,1H3;1H. The first-order valence-electron chi connectivity index (χ1n) is 12.7. The Hall–Kier alpha value is -0.900. The summed E-state index contributed by atoms with van der Waals surface area (Å²) in [5.74, 6) is 0.712. The molecule has 0 aromatic heterocycles. The van der Waals surface area contributed by atoms with E-state index in [0.29, 0.717) is 18.0 Å². The molecule has 3 heterocycles. The van der Waals surface area contributed by atoms with Crippen molar-refractivity contribution < 1.29 is 17.9 Å². The van der Waals surface area contributed by atoms with Gasteiger partial charge in [0.2, 0.25) is 15.9 Å². The molecule has 1 aromatic carbocycles.